The van der Waals surface area contributed by atoms with E-state index in [9.17, 15) is 19.2 Å². The Morgan fingerprint density at radius 1 is 0.500 bits per heavy atom. The fourth-order valence-electron chi connectivity index (χ4n) is 1.48. The summed E-state index contributed by atoms with van der Waals surface area (Å²) in [7, 11) is 0. The molecule has 0 aromatic carbocycles. The maximum absolute atomic E-state index is 10.6. The second-order valence-corrected chi connectivity index (χ2v) is 6.54. The van der Waals surface area contributed by atoms with Crippen molar-refractivity contribution in [3.63, 3.8) is 0 Å². The summed E-state index contributed by atoms with van der Waals surface area (Å²) in [6, 6.07) is 0. The molecule has 42 heavy (non-hydrogen) atoms. The second-order valence-electron chi connectivity index (χ2n) is 6.54. The number of carbonyl (C=O) groups is 8. The van der Waals surface area contributed by atoms with Crippen LogP contribution in [-0.4, -0.2) is 130 Å². The minimum atomic E-state index is -1.23. The summed E-state index contributed by atoms with van der Waals surface area (Å²) in [6.45, 7) is 2.83. The molecule has 22 heteroatoms. The fraction of sp³-hybridized carbons (Fsp3) is 0.600. The van der Waals surface area contributed by atoms with E-state index < -0.39 is 73.9 Å². The fourth-order valence-corrected chi connectivity index (χ4v) is 1.48. The Bertz CT molecular complexity index is 650. The van der Waals surface area contributed by atoms with Crippen LogP contribution in [0.5, 0.6) is 0 Å². The largest absolute Gasteiger partial charge is 1.00 e. The van der Waals surface area contributed by atoms with Crippen molar-refractivity contribution in [2.45, 2.75) is 27.7 Å². The van der Waals surface area contributed by atoms with Gasteiger partial charge in [-0.3, -0.25) is 29.0 Å². The Morgan fingerprint density at radius 3 is 0.690 bits per heavy atom. The summed E-state index contributed by atoms with van der Waals surface area (Å²) in [5.41, 5.74) is 9.81. The van der Waals surface area contributed by atoms with Gasteiger partial charge in [-0.1, -0.05) is 0 Å². The predicted molar refractivity (Wildman–Crippen MR) is 126 cm³/mol. The van der Waals surface area contributed by atoms with Gasteiger partial charge in [0.25, 0.3) is 0 Å². The van der Waals surface area contributed by atoms with Crippen molar-refractivity contribution in [2.75, 3.05) is 52.4 Å². The van der Waals surface area contributed by atoms with Gasteiger partial charge in [-0.15, -0.1) is 0 Å². The average molecular weight is 637 g/mol. The van der Waals surface area contributed by atoms with Crippen molar-refractivity contribution in [3.8, 4) is 0 Å². The molecule has 0 bridgehead atoms. The van der Waals surface area contributed by atoms with Gasteiger partial charge in [-0.2, -0.15) is 0 Å². The Balaban J connectivity index is -0.0000000496. The van der Waals surface area contributed by atoms with E-state index in [1.807, 2.05) is 0 Å². The molecule has 0 amide bonds. The van der Waals surface area contributed by atoms with Gasteiger partial charge >= 0.3 is 85.8 Å². The van der Waals surface area contributed by atoms with Gasteiger partial charge in [0.1, 0.15) is 0 Å². The van der Waals surface area contributed by atoms with E-state index >= 15 is 0 Å². The van der Waals surface area contributed by atoms with E-state index in [0.29, 0.717) is 13.1 Å². The summed E-state index contributed by atoms with van der Waals surface area (Å²) in [4.78, 5) is 79.9. The first kappa shape index (κ1) is 59.1. The predicted octanol–water partition coefficient (Wildman–Crippen LogP) is -13.9. The van der Waals surface area contributed by atoms with E-state index in [-0.39, 0.29) is 75.1 Å². The number of nitrogens with zero attached hydrogens (tertiary/aromatic N) is 2. The van der Waals surface area contributed by atoms with Gasteiger partial charge in [-0.25, -0.2) is 0 Å². The van der Waals surface area contributed by atoms with E-state index in [1.165, 1.54) is 0 Å². The third-order valence-electron chi connectivity index (χ3n) is 2.33. The molecule has 0 aliphatic heterocycles. The molecule has 0 aromatic heterocycles. The molecular formula is C20H38N4Na2O16. The molecule has 0 aliphatic carbocycles. The van der Waals surface area contributed by atoms with E-state index in [1.54, 1.807) is 0 Å². The molecule has 0 rings (SSSR count). The maximum atomic E-state index is 10.6. The summed E-state index contributed by atoms with van der Waals surface area (Å²) < 4.78 is 0. The van der Waals surface area contributed by atoms with E-state index in [4.69, 9.17) is 71.5 Å². The molecular weight excluding hydrogens is 598 g/mol. The third kappa shape index (κ3) is 131. The molecule has 20 nitrogen and oxygen atoms in total. The summed E-state index contributed by atoms with van der Waals surface area (Å²) in [5.74, 6) is -9.24. The Hall–Kier alpha value is -2.40. The minimum absolute atomic E-state index is 0. The normalized spacial score (nSPS) is 8.19. The zero-order valence-electron chi connectivity index (χ0n) is 26.4. The molecule has 0 fully saturated rings. The van der Waals surface area contributed by atoms with Crippen LogP contribution in [0.15, 0.2) is 0 Å². The summed E-state index contributed by atoms with van der Waals surface area (Å²) in [5, 5.41) is 70.0. The molecule has 0 unspecified atom stereocenters. The molecule has 0 aliphatic rings. The zero-order chi connectivity index (χ0) is 33.4. The molecule has 0 radical (unpaired) electrons. The number of carbonyl (C=O) groups excluding carboxylic acids is 4. The molecule has 0 spiro atoms. The van der Waals surface area contributed by atoms with Crippen LogP contribution in [0.25, 0.3) is 0 Å². The van der Waals surface area contributed by atoms with Crippen LogP contribution in [0.3, 0.4) is 0 Å². The van der Waals surface area contributed by atoms with Crippen molar-refractivity contribution in [3.05, 3.63) is 0 Å². The van der Waals surface area contributed by atoms with Crippen LogP contribution in [-0.2, 0) is 38.4 Å². The molecule has 0 atom stereocenters. The van der Waals surface area contributed by atoms with Crippen molar-refractivity contribution in [1.29, 1.82) is 0 Å². The Kier molecular flexibility index (Phi) is 60.6. The SMILES string of the molecule is CC(=O)[O-].CC(=O)[O-].CC(=O)[O-].CC(=O)[O-].NCCN.O=C(O)CN(CCN(CC(=O)O)CC(=O)O)CC(=O)O.[H+].[H+].[Na+].[Na+]. The second kappa shape index (κ2) is 43.1. The van der Waals surface area contributed by atoms with Crippen molar-refractivity contribution < 1.29 is 141 Å². The minimum Gasteiger partial charge on any atom is -0.550 e. The van der Waals surface area contributed by atoms with Gasteiger partial charge in [0.2, 0.25) is 0 Å². The zero-order valence-corrected chi connectivity index (χ0v) is 28.4. The molecule has 0 saturated heterocycles. The van der Waals surface area contributed by atoms with Crippen molar-refractivity contribution in [1.82, 2.24) is 9.80 Å². The van der Waals surface area contributed by atoms with E-state index in [2.05, 4.69) is 0 Å². The summed E-state index contributed by atoms with van der Waals surface area (Å²) in [6.07, 6.45) is 0. The maximum Gasteiger partial charge on any atom is 1.00 e. The van der Waals surface area contributed by atoms with Gasteiger partial charge in [0, 0.05) is 50.1 Å². The molecule has 0 saturated carbocycles. The van der Waals surface area contributed by atoms with Gasteiger partial charge in [0.05, 0.1) is 26.2 Å². The number of nitrogens with two attached hydrogens (primary N) is 2. The molecule has 0 heterocycles. The smallest absolute Gasteiger partial charge is 0.550 e. The Morgan fingerprint density at radius 2 is 0.619 bits per heavy atom. The number of rotatable bonds is 12. The van der Waals surface area contributed by atoms with Crippen LogP contribution in [0.4, 0.5) is 0 Å². The van der Waals surface area contributed by atoms with Crippen LogP contribution >= 0.6 is 0 Å². The van der Waals surface area contributed by atoms with Crippen LogP contribution in [0.2, 0.25) is 0 Å². The molecule has 236 valence electrons. The van der Waals surface area contributed by atoms with Gasteiger partial charge in [-0.05, 0) is 27.7 Å². The first-order chi connectivity index (χ1) is 18.0. The number of carboxylic acid groups (broad SMARTS) is 8. The first-order valence-electron chi connectivity index (χ1n) is 10.5. The third-order valence-corrected chi connectivity index (χ3v) is 2.33. The number of carboxylic acids is 8. The average Bonchev–Trinajstić information content (AvgIpc) is 2.68. The van der Waals surface area contributed by atoms with Gasteiger partial charge < -0.3 is 71.5 Å². The standard InChI is InChI=1S/C10H16N2O8.C2H8N2.4C2H4O2.2Na/c13-7(14)3-11(4-8(15)16)1-2-12(5-9(17)18)6-10(19)20;3-1-2-4;4*1-2(3)4;;/h1-6H2,(H,13,14)(H,15,16)(H,17,18)(H,19,20);1-4H2;4*1H3,(H,3,4);;/q;;;;;;2*+1/p-2. The molecule has 0 aromatic rings. The van der Waals surface area contributed by atoms with E-state index in [0.717, 1.165) is 37.5 Å². The first-order valence-corrected chi connectivity index (χ1v) is 10.5. The van der Waals surface area contributed by atoms with Crippen molar-refractivity contribution >= 4 is 47.8 Å². The number of hydrogen-bond donors (Lipinski definition) is 6. The van der Waals surface area contributed by atoms with Crippen LogP contribution in [0, 0.1) is 0 Å². The quantitative estimate of drug-likeness (QED) is 0.108. The van der Waals surface area contributed by atoms with Crippen molar-refractivity contribution in [2.24, 2.45) is 11.5 Å². The Labute approximate surface area is 288 Å². The van der Waals surface area contributed by atoms with Gasteiger partial charge in [0.15, 0.2) is 0 Å². The monoisotopic (exact) mass is 636 g/mol. The topological polar surface area (TPSA) is 368 Å². The summed E-state index contributed by atoms with van der Waals surface area (Å²) >= 11 is 0. The number of aliphatic carboxylic acids is 8. The van der Waals surface area contributed by atoms with Crippen LogP contribution < -0.4 is 91.0 Å². The molecule has 8 N–H and O–H groups in total. The van der Waals surface area contributed by atoms with Crippen LogP contribution in [0.1, 0.15) is 30.5 Å². The number of hydrogen-bond acceptors (Lipinski definition) is 16.